The number of methoxy groups -OCH3 is 1. The van der Waals surface area contributed by atoms with Crippen LogP contribution in [0.15, 0.2) is 40.8 Å². The van der Waals surface area contributed by atoms with Crippen LogP contribution in [-0.2, 0) is 16.0 Å². The molecule has 0 saturated heterocycles. The molecule has 2 heterocycles. The van der Waals surface area contributed by atoms with Gasteiger partial charge in [0.2, 0.25) is 0 Å². The second kappa shape index (κ2) is 8.98. The highest BCUT2D eigenvalue weighted by atomic mass is 16.5. The third-order valence-corrected chi connectivity index (χ3v) is 5.16. The Kier molecular flexibility index (Phi) is 6.40. The maximum atomic E-state index is 12.6. The van der Waals surface area contributed by atoms with E-state index in [1.54, 1.807) is 12.1 Å². The van der Waals surface area contributed by atoms with Gasteiger partial charge in [-0.1, -0.05) is 0 Å². The van der Waals surface area contributed by atoms with Crippen molar-refractivity contribution in [3.63, 3.8) is 0 Å². The number of hydrogen-bond acceptors (Lipinski definition) is 5. The van der Waals surface area contributed by atoms with Gasteiger partial charge >= 0.3 is 5.97 Å². The van der Waals surface area contributed by atoms with E-state index in [0.29, 0.717) is 18.4 Å². The van der Waals surface area contributed by atoms with Crippen molar-refractivity contribution in [2.45, 2.75) is 46.6 Å². The minimum Gasteiger partial charge on any atom is -0.469 e. The Hall–Kier alpha value is -3.35. The van der Waals surface area contributed by atoms with Crippen molar-refractivity contribution in [1.29, 1.82) is 0 Å². The highest BCUT2D eigenvalue weighted by molar-refractivity contribution is 5.94. The molecule has 3 aromatic rings. The molecule has 0 fully saturated rings. The molecule has 158 valence electrons. The van der Waals surface area contributed by atoms with Crippen LogP contribution < -0.4 is 5.32 Å². The van der Waals surface area contributed by atoms with Crippen molar-refractivity contribution in [2.75, 3.05) is 7.11 Å². The molecule has 0 saturated carbocycles. The lowest BCUT2D eigenvalue weighted by atomic mass is 10.1. The van der Waals surface area contributed by atoms with Crippen LogP contribution >= 0.6 is 0 Å². The molecule has 0 bridgehead atoms. The summed E-state index contributed by atoms with van der Waals surface area (Å²) in [5.41, 5.74) is 4.29. The number of rotatable bonds is 7. The average molecular weight is 409 g/mol. The Labute approximate surface area is 176 Å². The number of amides is 1. The number of aryl methyl sites for hydroxylation is 2. The largest absolute Gasteiger partial charge is 0.469 e. The first-order valence-corrected chi connectivity index (χ1v) is 9.89. The van der Waals surface area contributed by atoms with Gasteiger partial charge in [0, 0.05) is 17.7 Å². The molecular weight excluding hydrogens is 382 g/mol. The van der Waals surface area contributed by atoms with Crippen LogP contribution in [0.4, 0.5) is 0 Å². The summed E-state index contributed by atoms with van der Waals surface area (Å²) in [6.07, 6.45) is 0.894. The lowest BCUT2D eigenvalue weighted by molar-refractivity contribution is -0.140. The van der Waals surface area contributed by atoms with E-state index in [0.717, 1.165) is 34.2 Å². The van der Waals surface area contributed by atoms with Gasteiger partial charge in [-0.05, 0) is 76.1 Å². The Bertz CT molecular complexity index is 1050. The summed E-state index contributed by atoms with van der Waals surface area (Å²) >= 11 is 0. The van der Waals surface area contributed by atoms with E-state index < -0.39 is 0 Å². The first-order valence-electron chi connectivity index (χ1n) is 9.89. The SMILES string of the molecule is COC(=O)CCc1c(C)nn(-c2ccc(C(=O)NC(C)c3ccc(C)o3)cc2)c1C. The number of hydrogen-bond donors (Lipinski definition) is 1. The Morgan fingerprint density at radius 1 is 1.13 bits per heavy atom. The van der Waals surface area contributed by atoms with E-state index in [-0.39, 0.29) is 17.9 Å². The van der Waals surface area contributed by atoms with Crippen LogP contribution in [0.5, 0.6) is 0 Å². The molecule has 0 radical (unpaired) electrons. The molecule has 1 amide bonds. The summed E-state index contributed by atoms with van der Waals surface area (Å²) in [4.78, 5) is 24.0. The van der Waals surface area contributed by atoms with Gasteiger partial charge in [-0.15, -0.1) is 0 Å². The topological polar surface area (TPSA) is 86.4 Å². The number of nitrogens with zero attached hydrogens (tertiary/aromatic N) is 2. The van der Waals surface area contributed by atoms with E-state index in [2.05, 4.69) is 10.4 Å². The van der Waals surface area contributed by atoms with Crippen LogP contribution in [0.3, 0.4) is 0 Å². The van der Waals surface area contributed by atoms with Gasteiger partial charge in [0.25, 0.3) is 5.91 Å². The zero-order valence-electron chi connectivity index (χ0n) is 18.0. The molecule has 1 aromatic carbocycles. The first kappa shape index (κ1) is 21.4. The fourth-order valence-electron chi connectivity index (χ4n) is 3.41. The van der Waals surface area contributed by atoms with Gasteiger partial charge in [-0.2, -0.15) is 5.10 Å². The Morgan fingerprint density at radius 2 is 1.83 bits per heavy atom. The van der Waals surface area contributed by atoms with Crippen molar-refractivity contribution in [3.8, 4) is 5.69 Å². The Balaban J connectivity index is 1.72. The van der Waals surface area contributed by atoms with Gasteiger partial charge in [0.05, 0.1) is 24.5 Å². The van der Waals surface area contributed by atoms with Crippen molar-refractivity contribution >= 4 is 11.9 Å². The molecule has 0 aliphatic rings. The number of ether oxygens (including phenoxy) is 1. The highest BCUT2D eigenvalue weighted by Gasteiger charge is 2.16. The maximum absolute atomic E-state index is 12.6. The molecule has 7 nitrogen and oxygen atoms in total. The first-order chi connectivity index (χ1) is 14.3. The molecule has 1 N–H and O–H groups in total. The second-order valence-corrected chi connectivity index (χ2v) is 7.33. The molecule has 30 heavy (non-hydrogen) atoms. The lowest BCUT2D eigenvalue weighted by Gasteiger charge is -2.12. The molecule has 0 aliphatic carbocycles. The monoisotopic (exact) mass is 409 g/mol. The zero-order chi connectivity index (χ0) is 21.8. The number of esters is 1. The number of carbonyl (C=O) groups excluding carboxylic acids is 2. The molecule has 0 spiro atoms. The smallest absolute Gasteiger partial charge is 0.305 e. The van der Waals surface area contributed by atoms with Crippen LogP contribution in [0.25, 0.3) is 5.69 Å². The van der Waals surface area contributed by atoms with E-state index in [4.69, 9.17) is 9.15 Å². The summed E-state index contributed by atoms with van der Waals surface area (Å²) < 4.78 is 12.1. The summed E-state index contributed by atoms with van der Waals surface area (Å²) in [7, 11) is 1.39. The molecule has 2 aromatic heterocycles. The standard InChI is InChI=1S/C23H27N3O4/c1-14-6-12-21(30-14)16(3)24-23(28)18-7-9-19(10-8-18)26-17(4)20(15(2)25-26)11-13-22(27)29-5/h6-10,12,16H,11,13H2,1-5H3,(H,24,28). The minimum atomic E-state index is -0.240. The van der Waals surface area contributed by atoms with Crippen molar-refractivity contribution in [1.82, 2.24) is 15.1 Å². The van der Waals surface area contributed by atoms with Crippen molar-refractivity contribution in [2.24, 2.45) is 0 Å². The van der Waals surface area contributed by atoms with E-state index in [1.165, 1.54) is 7.11 Å². The lowest BCUT2D eigenvalue weighted by Crippen LogP contribution is -2.26. The number of nitrogens with one attached hydrogen (secondary N) is 1. The molecule has 3 rings (SSSR count). The van der Waals surface area contributed by atoms with Gasteiger partial charge in [0.15, 0.2) is 0 Å². The normalized spacial score (nSPS) is 11.9. The van der Waals surface area contributed by atoms with Crippen LogP contribution in [0.1, 0.15) is 58.2 Å². The number of aromatic nitrogens is 2. The zero-order valence-corrected chi connectivity index (χ0v) is 18.0. The predicted octanol–water partition coefficient (Wildman–Crippen LogP) is 3.99. The third-order valence-electron chi connectivity index (χ3n) is 5.16. The van der Waals surface area contributed by atoms with E-state index in [1.807, 2.05) is 56.6 Å². The van der Waals surface area contributed by atoms with Crippen LogP contribution in [0, 0.1) is 20.8 Å². The van der Waals surface area contributed by atoms with Gasteiger partial charge in [-0.25, -0.2) is 4.68 Å². The predicted molar refractivity (Wildman–Crippen MR) is 113 cm³/mol. The van der Waals surface area contributed by atoms with Crippen molar-refractivity contribution < 1.29 is 18.7 Å². The minimum absolute atomic E-state index is 0.171. The van der Waals surface area contributed by atoms with Gasteiger partial charge in [0.1, 0.15) is 11.5 Å². The number of furan rings is 1. The fourth-order valence-corrected chi connectivity index (χ4v) is 3.41. The average Bonchev–Trinajstić information content (AvgIpc) is 3.29. The van der Waals surface area contributed by atoms with Crippen LogP contribution in [0.2, 0.25) is 0 Å². The molecule has 1 atom stereocenters. The summed E-state index contributed by atoms with van der Waals surface area (Å²) in [6.45, 7) is 7.66. The molecular formula is C23H27N3O4. The highest BCUT2D eigenvalue weighted by Crippen LogP contribution is 2.21. The van der Waals surface area contributed by atoms with Gasteiger partial charge < -0.3 is 14.5 Å². The fraction of sp³-hybridized carbons (Fsp3) is 0.348. The van der Waals surface area contributed by atoms with Gasteiger partial charge in [-0.3, -0.25) is 9.59 Å². The Morgan fingerprint density at radius 3 is 2.43 bits per heavy atom. The number of carbonyl (C=O) groups is 2. The van der Waals surface area contributed by atoms with Crippen molar-refractivity contribution in [3.05, 3.63) is 70.4 Å². The second-order valence-electron chi connectivity index (χ2n) is 7.33. The molecule has 1 unspecified atom stereocenters. The summed E-state index contributed by atoms with van der Waals surface area (Å²) in [5, 5.41) is 7.54. The third kappa shape index (κ3) is 4.62. The molecule has 7 heteroatoms. The van der Waals surface area contributed by atoms with E-state index >= 15 is 0 Å². The quantitative estimate of drug-likeness (QED) is 0.597. The summed E-state index contributed by atoms with van der Waals surface area (Å²) in [5.74, 6) is 1.12. The van der Waals surface area contributed by atoms with Crippen LogP contribution in [-0.4, -0.2) is 28.8 Å². The van der Waals surface area contributed by atoms with E-state index in [9.17, 15) is 9.59 Å². The molecule has 0 aliphatic heterocycles. The maximum Gasteiger partial charge on any atom is 0.305 e. The summed E-state index contributed by atoms with van der Waals surface area (Å²) in [6, 6.07) is 10.8. The number of benzene rings is 1.